The Labute approximate surface area is 154 Å². The summed E-state index contributed by atoms with van der Waals surface area (Å²) in [5.74, 6) is 0.493. The minimum absolute atomic E-state index is 0.0369. The lowest BCUT2D eigenvalue weighted by Crippen LogP contribution is -2.25. The van der Waals surface area contributed by atoms with E-state index in [9.17, 15) is 4.79 Å². The molecular weight excluding hydrogens is 354 g/mol. The van der Waals surface area contributed by atoms with E-state index >= 15 is 0 Å². The van der Waals surface area contributed by atoms with Crippen molar-refractivity contribution in [2.24, 2.45) is 0 Å². The molecule has 0 atom stereocenters. The predicted octanol–water partition coefficient (Wildman–Crippen LogP) is 3.91. The Kier molecular flexibility index (Phi) is 5.78. The molecule has 0 aliphatic heterocycles. The standard InChI is InChI=1S/C18H19N3O2S2/c1-12(2)23-17-13(4-3-6-19-17)9-20-16(22)8-15-11-25-18(21-15)14-5-7-24-10-14/h3-7,10-12H,8-9H2,1-2H3,(H,20,22). The summed E-state index contributed by atoms with van der Waals surface area (Å²) in [5, 5.41) is 9.87. The molecule has 3 heterocycles. The maximum atomic E-state index is 12.2. The van der Waals surface area contributed by atoms with E-state index in [1.165, 1.54) is 0 Å². The summed E-state index contributed by atoms with van der Waals surface area (Å²) in [7, 11) is 0. The zero-order valence-corrected chi connectivity index (χ0v) is 15.7. The first-order valence-electron chi connectivity index (χ1n) is 7.96. The number of aromatic nitrogens is 2. The van der Waals surface area contributed by atoms with Crippen molar-refractivity contribution in [2.75, 3.05) is 0 Å². The van der Waals surface area contributed by atoms with Crippen molar-refractivity contribution in [2.45, 2.75) is 32.9 Å². The predicted molar refractivity (Wildman–Crippen MR) is 101 cm³/mol. The van der Waals surface area contributed by atoms with Gasteiger partial charge in [-0.1, -0.05) is 6.07 Å². The molecule has 0 aliphatic carbocycles. The number of ether oxygens (including phenoxy) is 1. The lowest BCUT2D eigenvalue weighted by atomic mass is 10.2. The van der Waals surface area contributed by atoms with Crippen LogP contribution in [-0.4, -0.2) is 22.0 Å². The maximum absolute atomic E-state index is 12.2. The highest BCUT2D eigenvalue weighted by Gasteiger charge is 2.11. The van der Waals surface area contributed by atoms with Crippen LogP contribution in [0.2, 0.25) is 0 Å². The molecule has 0 spiro atoms. The monoisotopic (exact) mass is 373 g/mol. The quantitative estimate of drug-likeness (QED) is 0.682. The highest BCUT2D eigenvalue weighted by Crippen LogP contribution is 2.25. The van der Waals surface area contributed by atoms with Crippen molar-refractivity contribution in [1.82, 2.24) is 15.3 Å². The van der Waals surface area contributed by atoms with E-state index in [4.69, 9.17) is 4.74 Å². The topological polar surface area (TPSA) is 64.1 Å². The molecule has 3 aromatic heterocycles. The summed E-state index contributed by atoms with van der Waals surface area (Å²) in [5.41, 5.74) is 2.75. The van der Waals surface area contributed by atoms with Gasteiger partial charge < -0.3 is 10.1 Å². The lowest BCUT2D eigenvalue weighted by Gasteiger charge is -2.13. The molecular formula is C18H19N3O2S2. The third-order valence-electron chi connectivity index (χ3n) is 3.33. The van der Waals surface area contributed by atoms with Gasteiger partial charge in [-0.3, -0.25) is 4.79 Å². The minimum atomic E-state index is -0.0680. The van der Waals surface area contributed by atoms with Crippen LogP contribution in [0, 0.1) is 0 Å². The minimum Gasteiger partial charge on any atom is -0.475 e. The average Bonchev–Trinajstić information content (AvgIpc) is 3.24. The molecule has 0 bridgehead atoms. The van der Waals surface area contributed by atoms with E-state index in [0.29, 0.717) is 12.4 Å². The molecule has 5 nitrogen and oxygen atoms in total. The number of thiophene rings is 1. The number of pyridine rings is 1. The van der Waals surface area contributed by atoms with Crippen LogP contribution >= 0.6 is 22.7 Å². The number of nitrogens with zero attached hydrogens (tertiary/aromatic N) is 2. The fraction of sp³-hybridized carbons (Fsp3) is 0.278. The molecule has 1 N–H and O–H groups in total. The van der Waals surface area contributed by atoms with E-state index < -0.39 is 0 Å². The first kappa shape index (κ1) is 17.6. The van der Waals surface area contributed by atoms with Gasteiger partial charge in [-0.15, -0.1) is 11.3 Å². The van der Waals surface area contributed by atoms with Crippen LogP contribution < -0.4 is 10.1 Å². The Hall–Kier alpha value is -2.25. The number of rotatable bonds is 7. The maximum Gasteiger partial charge on any atom is 0.226 e. The van der Waals surface area contributed by atoms with Crippen LogP contribution in [0.15, 0.2) is 40.5 Å². The third-order valence-corrected chi connectivity index (χ3v) is 4.96. The van der Waals surface area contributed by atoms with Crippen molar-refractivity contribution in [3.63, 3.8) is 0 Å². The molecule has 1 amide bonds. The van der Waals surface area contributed by atoms with Crippen molar-refractivity contribution in [1.29, 1.82) is 0 Å². The van der Waals surface area contributed by atoms with Gasteiger partial charge in [0.25, 0.3) is 0 Å². The van der Waals surface area contributed by atoms with E-state index in [1.807, 2.05) is 42.8 Å². The van der Waals surface area contributed by atoms with Crippen LogP contribution in [0.3, 0.4) is 0 Å². The molecule has 0 fully saturated rings. The fourth-order valence-electron chi connectivity index (χ4n) is 2.22. The number of nitrogens with one attached hydrogen (secondary N) is 1. The van der Waals surface area contributed by atoms with Crippen molar-refractivity contribution < 1.29 is 9.53 Å². The van der Waals surface area contributed by atoms with Gasteiger partial charge in [-0.2, -0.15) is 11.3 Å². The number of amides is 1. The normalized spacial score (nSPS) is 10.8. The number of carbonyl (C=O) groups is 1. The Morgan fingerprint density at radius 3 is 2.96 bits per heavy atom. The summed E-state index contributed by atoms with van der Waals surface area (Å²) in [6.07, 6.45) is 1.99. The first-order valence-corrected chi connectivity index (χ1v) is 9.78. The van der Waals surface area contributed by atoms with Gasteiger partial charge in [-0.05, 0) is 31.4 Å². The zero-order valence-electron chi connectivity index (χ0n) is 14.1. The van der Waals surface area contributed by atoms with Crippen LogP contribution in [-0.2, 0) is 17.8 Å². The molecule has 0 aliphatic rings. The van der Waals surface area contributed by atoms with Crippen molar-refractivity contribution in [3.8, 4) is 16.5 Å². The van der Waals surface area contributed by atoms with Crippen molar-refractivity contribution in [3.05, 3.63) is 51.8 Å². The van der Waals surface area contributed by atoms with Gasteiger partial charge in [0, 0.05) is 34.6 Å². The largest absolute Gasteiger partial charge is 0.475 e. The Morgan fingerprint density at radius 2 is 2.20 bits per heavy atom. The summed E-state index contributed by atoms with van der Waals surface area (Å²) >= 11 is 3.20. The van der Waals surface area contributed by atoms with Gasteiger partial charge in [0.2, 0.25) is 11.8 Å². The summed E-state index contributed by atoms with van der Waals surface area (Å²) < 4.78 is 5.67. The van der Waals surface area contributed by atoms with Gasteiger partial charge in [-0.25, -0.2) is 9.97 Å². The smallest absolute Gasteiger partial charge is 0.226 e. The van der Waals surface area contributed by atoms with E-state index in [0.717, 1.165) is 21.8 Å². The number of hydrogen-bond donors (Lipinski definition) is 1. The molecule has 0 radical (unpaired) electrons. The van der Waals surface area contributed by atoms with E-state index in [2.05, 4.69) is 20.7 Å². The lowest BCUT2D eigenvalue weighted by molar-refractivity contribution is -0.120. The molecule has 3 aromatic rings. The van der Waals surface area contributed by atoms with Gasteiger partial charge in [0.15, 0.2) is 0 Å². The fourth-order valence-corrected chi connectivity index (χ4v) is 3.75. The summed E-state index contributed by atoms with van der Waals surface area (Å²) in [6.45, 7) is 4.28. The van der Waals surface area contributed by atoms with E-state index in [-0.39, 0.29) is 18.4 Å². The SMILES string of the molecule is CC(C)Oc1ncccc1CNC(=O)Cc1csc(-c2ccsc2)n1. The first-order chi connectivity index (χ1) is 12.1. The highest BCUT2D eigenvalue weighted by molar-refractivity contribution is 7.14. The summed E-state index contributed by atoms with van der Waals surface area (Å²) in [4.78, 5) is 21.0. The molecule has 0 aromatic carbocycles. The molecule has 7 heteroatoms. The van der Waals surface area contributed by atoms with E-state index in [1.54, 1.807) is 28.9 Å². The number of carbonyl (C=O) groups excluding carboxylic acids is 1. The Balaban J connectivity index is 1.57. The van der Waals surface area contributed by atoms with Gasteiger partial charge >= 0.3 is 0 Å². The number of thiazole rings is 1. The van der Waals surface area contributed by atoms with Gasteiger partial charge in [0.05, 0.1) is 18.2 Å². The Morgan fingerprint density at radius 1 is 1.32 bits per heavy atom. The van der Waals surface area contributed by atoms with Gasteiger partial charge in [0.1, 0.15) is 5.01 Å². The van der Waals surface area contributed by atoms with Crippen LogP contribution in [0.5, 0.6) is 5.88 Å². The van der Waals surface area contributed by atoms with Crippen LogP contribution in [0.25, 0.3) is 10.6 Å². The molecule has 3 rings (SSSR count). The second kappa shape index (κ2) is 8.22. The Bertz CT molecular complexity index is 828. The third kappa shape index (κ3) is 4.87. The molecule has 0 unspecified atom stereocenters. The molecule has 0 saturated carbocycles. The molecule has 25 heavy (non-hydrogen) atoms. The number of hydrogen-bond acceptors (Lipinski definition) is 6. The molecule has 130 valence electrons. The molecule has 0 saturated heterocycles. The average molecular weight is 374 g/mol. The second-order valence-electron chi connectivity index (χ2n) is 5.74. The second-order valence-corrected chi connectivity index (χ2v) is 7.38. The highest BCUT2D eigenvalue weighted by atomic mass is 32.1. The summed E-state index contributed by atoms with van der Waals surface area (Å²) in [6, 6.07) is 5.77. The van der Waals surface area contributed by atoms with Crippen LogP contribution in [0.1, 0.15) is 25.1 Å². The van der Waals surface area contributed by atoms with Crippen molar-refractivity contribution >= 4 is 28.6 Å². The zero-order chi connectivity index (χ0) is 17.6. The van der Waals surface area contributed by atoms with Crippen LogP contribution in [0.4, 0.5) is 0 Å².